The van der Waals surface area contributed by atoms with E-state index < -0.39 is 0 Å². The van der Waals surface area contributed by atoms with Gasteiger partial charge in [0.2, 0.25) is 11.8 Å². The van der Waals surface area contributed by atoms with Crippen molar-refractivity contribution in [2.45, 2.75) is 19.8 Å². The highest BCUT2D eigenvalue weighted by Gasteiger charge is 2.01. The third-order valence-electron chi connectivity index (χ3n) is 4.20. The lowest BCUT2D eigenvalue weighted by atomic mass is 10.3. The molecule has 0 heterocycles. The highest BCUT2D eigenvalue weighted by Crippen LogP contribution is 1.85. The molecule has 0 fully saturated rings. The molecule has 13 heteroatoms. The van der Waals surface area contributed by atoms with Crippen molar-refractivity contribution in [3.8, 4) is 0 Å². The van der Waals surface area contributed by atoms with Crippen molar-refractivity contribution in [1.82, 2.24) is 16.0 Å². The molecule has 208 valence electrons. The zero-order valence-electron chi connectivity index (χ0n) is 21.2. The summed E-state index contributed by atoms with van der Waals surface area (Å²) < 4.78 is 32.2. The third kappa shape index (κ3) is 28.7. The molecule has 5 N–H and O–H groups in total. The number of hydrogen-bond acceptors (Lipinski definition) is 11. The van der Waals surface area contributed by atoms with Gasteiger partial charge < -0.3 is 44.4 Å². The van der Waals surface area contributed by atoms with E-state index in [0.29, 0.717) is 85.8 Å². The molecule has 0 aliphatic heterocycles. The molecule has 0 spiro atoms. The van der Waals surface area contributed by atoms with E-state index in [1.807, 2.05) is 0 Å². The van der Waals surface area contributed by atoms with Crippen LogP contribution in [0.3, 0.4) is 0 Å². The predicted molar refractivity (Wildman–Crippen MR) is 129 cm³/mol. The second kappa shape index (κ2) is 28.8. The first-order valence-electron chi connectivity index (χ1n) is 12.2. The fraction of sp³-hybridized carbons (Fsp3) is 0.909. The lowest BCUT2D eigenvalue weighted by Gasteiger charge is -2.09. The van der Waals surface area contributed by atoms with Gasteiger partial charge in [0.15, 0.2) is 0 Å². The van der Waals surface area contributed by atoms with Crippen molar-refractivity contribution >= 4 is 11.8 Å². The predicted octanol–water partition coefficient (Wildman–Crippen LogP) is -1.40. The largest absolute Gasteiger partial charge is 0.377 e. The minimum atomic E-state index is -0.287. The summed E-state index contributed by atoms with van der Waals surface area (Å²) in [5.41, 5.74) is 0. The van der Waals surface area contributed by atoms with Crippen molar-refractivity contribution in [1.29, 1.82) is 0 Å². The number of hydrogen-bond donors (Lipinski definition) is 4. The molecule has 0 aromatic rings. The third-order valence-corrected chi connectivity index (χ3v) is 4.20. The monoisotopic (exact) mass is 510 g/mol. The minimum absolute atomic E-state index is 0.0603. The second-order valence-electron chi connectivity index (χ2n) is 7.23. The molecular formula is C22H46N4O9. The molecule has 0 aliphatic carbocycles. The van der Waals surface area contributed by atoms with E-state index in [1.54, 1.807) is 0 Å². The molecule has 13 nitrogen and oxygen atoms in total. The van der Waals surface area contributed by atoms with Crippen LogP contribution in [-0.2, 0) is 42.8 Å². The van der Waals surface area contributed by atoms with Crippen LogP contribution in [0.5, 0.6) is 0 Å². The number of rotatable bonds is 28. The van der Waals surface area contributed by atoms with Crippen molar-refractivity contribution in [2.24, 2.45) is 5.90 Å². The van der Waals surface area contributed by atoms with Gasteiger partial charge in [-0.25, -0.2) is 5.90 Å². The van der Waals surface area contributed by atoms with Gasteiger partial charge in [-0.05, 0) is 13.0 Å². The molecule has 0 aliphatic rings. The van der Waals surface area contributed by atoms with Gasteiger partial charge in [-0.1, -0.05) is 13.3 Å². The number of nitrogens with one attached hydrogen (secondary N) is 3. The van der Waals surface area contributed by atoms with Crippen LogP contribution < -0.4 is 21.8 Å². The maximum atomic E-state index is 11.6. The van der Waals surface area contributed by atoms with E-state index in [2.05, 4.69) is 27.7 Å². The molecule has 0 aromatic carbocycles. The molecular weight excluding hydrogens is 464 g/mol. The summed E-state index contributed by atoms with van der Waals surface area (Å²) in [5.74, 6) is 4.35. The molecule has 0 bridgehead atoms. The van der Waals surface area contributed by atoms with Gasteiger partial charge in [-0.3, -0.25) is 14.4 Å². The maximum absolute atomic E-state index is 11.6. The van der Waals surface area contributed by atoms with E-state index >= 15 is 0 Å². The molecule has 0 aromatic heterocycles. The highest BCUT2D eigenvalue weighted by molar-refractivity contribution is 5.77. The summed E-state index contributed by atoms with van der Waals surface area (Å²) in [7, 11) is 0. The van der Waals surface area contributed by atoms with Crippen LogP contribution in [0, 0.1) is 0 Å². The zero-order chi connectivity index (χ0) is 25.7. The Hall–Kier alpha value is -1.42. The van der Waals surface area contributed by atoms with Gasteiger partial charge in [0.25, 0.3) is 0 Å². The maximum Gasteiger partial charge on any atom is 0.248 e. The molecule has 0 unspecified atom stereocenters. The summed E-state index contributed by atoms with van der Waals surface area (Å²) >= 11 is 0. The molecule has 0 saturated heterocycles. The fourth-order valence-electron chi connectivity index (χ4n) is 2.42. The lowest BCUT2D eigenvalue weighted by Crippen LogP contribution is -2.32. The van der Waals surface area contributed by atoms with E-state index in [0.717, 1.165) is 25.9 Å². The molecule has 0 rings (SSSR count). The first-order chi connectivity index (χ1) is 17.2. The van der Waals surface area contributed by atoms with Crippen LogP contribution in [0.2, 0.25) is 0 Å². The molecule has 0 radical (unpaired) electrons. The number of carbonyl (C=O) groups is 2. The van der Waals surface area contributed by atoms with Crippen LogP contribution >= 0.6 is 0 Å². The topological polar surface area (TPSA) is 161 Å². The van der Waals surface area contributed by atoms with Gasteiger partial charge in [0.05, 0.1) is 72.7 Å². The van der Waals surface area contributed by atoms with Crippen molar-refractivity contribution < 1.29 is 42.8 Å². The zero-order valence-corrected chi connectivity index (χ0v) is 21.2. The van der Waals surface area contributed by atoms with Gasteiger partial charge >= 0.3 is 0 Å². The van der Waals surface area contributed by atoms with Crippen LogP contribution in [0.4, 0.5) is 0 Å². The molecule has 35 heavy (non-hydrogen) atoms. The average molecular weight is 511 g/mol. The van der Waals surface area contributed by atoms with Gasteiger partial charge in [0.1, 0.15) is 13.2 Å². The van der Waals surface area contributed by atoms with Gasteiger partial charge in [-0.15, -0.1) is 0 Å². The summed E-state index contributed by atoms with van der Waals surface area (Å²) in [6.45, 7) is 9.56. The number of unbranched alkanes of at least 4 members (excludes halogenated alkanes) is 1. The number of nitrogens with two attached hydrogens (primary N) is 1. The van der Waals surface area contributed by atoms with Crippen molar-refractivity contribution in [3.63, 3.8) is 0 Å². The Labute approximate surface area is 208 Å². The highest BCUT2D eigenvalue weighted by atomic mass is 16.6. The summed E-state index contributed by atoms with van der Waals surface area (Å²) in [6, 6.07) is 0. The Morgan fingerprint density at radius 2 is 1.00 bits per heavy atom. The number of carbonyl (C=O) groups excluding carboxylic acids is 2. The quantitative estimate of drug-likeness (QED) is 0.0723. The van der Waals surface area contributed by atoms with Gasteiger partial charge in [-0.2, -0.15) is 0 Å². The van der Waals surface area contributed by atoms with E-state index in [-0.39, 0.29) is 25.0 Å². The van der Waals surface area contributed by atoms with E-state index in [4.69, 9.17) is 34.3 Å². The van der Waals surface area contributed by atoms with E-state index in [9.17, 15) is 9.59 Å². The van der Waals surface area contributed by atoms with Crippen molar-refractivity contribution in [2.75, 3.05) is 112 Å². The first-order valence-corrected chi connectivity index (χ1v) is 12.2. The Bertz CT molecular complexity index is 476. The molecule has 0 atom stereocenters. The van der Waals surface area contributed by atoms with Crippen molar-refractivity contribution in [3.05, 3.63) is 0 Å². The van der Waals surface area contributed by atoms with Crippen LogP contribution in [0.15, 0.2) is 0 Å². The van der Waals surface area contributed by atoms with E-state index in [1.165, 1.54) is 0 Å². The minimum Gasteiger partial charge on any atom is -0.377 e. The van der Waals surface area contributed by atoms with Crippen LogP contribution in [0.25, 0.3) is 0 Å². The standard InChI is InChI=1S/C22H46N4O9/c1-2-3-4-24-5-8-34-19-21(27)25-6-9-29-11-13-31-15-17-33-18-16-32-14-12-30-10-7-26-22(28)20-35-23/h24H,2-20,23H2,1H3,(H,25,27)(H,26,28). The Morgan fingerprint density at radius 3 is 1.46 bits per heavy atom. The SMILES string of the molecule is CCCCNCCOCC(=O)NCCOCCOCCOCCOCCOCCNC(=O)CON. The Balaban J connectivity index is 3.14. The first kappa shape index (κ1) is 33.6. The Morgan fingerprint density at radius 1 is 0.571 bits per heavy atom. The Kier molecular flexibility index (Phi) is 27.6. The fourth-order valence-corrected chi connectivity index (χ4v) is 2.42. The summed E-state index contributed by atoms with van der Waals surface area (Å²) in [6.07, 6.45) is 2.31. The smallest absolute Gasteiger partial charge is 0.248 e. The lowest BCUT2D eigenvalue weighted by molar-refractivity contribution is -0.126. The van der Waals surface area contributed by atoms with Gasteiger partial charge in [0, 0.05) is 19.6 Å². The molecule has 2 amide bonds. The van der Waals surface area contributed by atoms with Crippen LogP contribution in [0.1, 0.15) is 19.8 Å². The molecule has 0 saturated carbocycles. The summed E-state index contributed by atoms with van der Waals surface area (Å²) in [4.78, 5) is 26.9. The second-order valence-corrected chi connectivity index (χ2v) is 7.23. The number of ether oxygens (including phenoxy) is 6. The van der Waals surface area contributed by atoms with Crippen LogP contribution in [-0.4, -0.2) is 124 Å². The summed E-state index contributed by atoms with van der Waals surface area (Å²) in [5, 5.41) is 8.57. The average Bonchev–Trinajstić information content (AvgIpc) is 2.85. The number of amides is 2. The normalized spacial score (nSPS) is 11.0.